The van der Waals surface area contributed by atoms with Crippen LogP contribution in [0.3, 0.4) is 0 Å². The first-order valence-corrected chi connectivity index (χ1v) is 11.3. The lowest BCUT2D eigenvalue weighted by Crippen LogP contribution is -2.49. The molecule has 0 aliphatic rings. The molecule has 1 heterocycles. The Morgan fingerprint density at radius 2 is 1.85 bits per heavy atom. The molecule has 0 saturated carbocycles. The maximum atomic E-state index is 12.8. The summed E-state index contributed by atoms with van der Waals surface area (Å²) in [6.45, 7) is 3.99. The predicted molar refractivity (Wildman–Crippen MR) is 109 cm³/mol. The van der Waals surface area contributed by atoms with E-state index in [1.165, 1.54) is 28.4 Å². The number of carbonyl (C=O) groups is 1. The van der Waals surface area contributed by atoms with E-state index in [9.17, 15) is 13.2 Å². The van der Waals surface area contributed by atoms with Gasteiger partial charge in [-0.2, -0.15) is 4.72 Å². The van der Waals surface area contributed by atoms with Crippen LogP contribution in [-0.2, 0) is 21.4 Å². The van der Waals surface area contributed by atoms with Crippen LogP contribution < -0.4 is 4.72 Å². The van der Waals surface area contributed by atoms with Crippen LogP contribution in [0, 0.1) is 5.92 Å². The van der Waals surface area contributed by atoms with E-state index in [0.717, 1.165) is 9.35 Å². The van der Waals surface area contributed by atoms with Crippen LogP contribution in [0.25, 0.3) is 0 Å². The van der Waals surface area contributed by atoms with Crippen LogP contribution in [0.4, 0.5) is 0 Å². The van der Waals surface area contributed by atoms with E-state index in [1.807, 2.05) is 19.9 Å². The molecule has 1 N–H and O–H groups in total. The van der Waals surface area contributed by atoms with E-state index in [1.54, 1.807) is 25.2 Å². The molecule has 1 aromatic carbocycles. The molecular weight excluding hydrogens is 460 g/mol. The van der Waals surface area contributed by atoms with Crippen molar-refractivity contribution in [3.8, 4) is 0 Å². The summed E-state index contributed by atoms with van der Waals surface area (Å²) < 4.78 is 29.2. The Kier molecular flexibility index (Phi) is 7.27. The maximum absolute atomic E-state index is 12.8. The third kappa shape index (κ3) is 5.53. The zero-order chi connectivity index (χ0) is 19.5. The van der Waals surface area contributed by atoms with Crippen molar-refractivity contribution >= 4 is 54.8 Å². The largest absolute Gasteiger partial charge is 0.339 e. The van der Waals surface area contributed by atoms with Crippen molar-refractivity contribution in [2.45, 2.75) is 31.3 Å². The van der Waals surface area contributed by atoms with Gasteiger partial charge in [0.2, 0.25) is 15.9 Å². The fraction of sp³-hybridized carbons (Fsp3) is 0.353. The summed E-state index contributed by atoms with van der Waals surface area (Å²) in [7, 11) is -2.15. The Balaban J connectivity index is 2.16. The number of rotatable bonds is 7. The van der Waals surface area contributed by atoms with Gasteiger partial charge in [0.05, 0.1) is 15.8 Å². The van der Waals surface area contributed by atoms with E-state index in [-0.39, 0.29) is 16.7 Å². The normalized spacial score (nSPS) is 13.0. The Morgan fingerprint density at radius 1 is 1.23 bits per heavy atom. The molecule has 1 atom stereocenters. The summed E-state index contributed by atoms with van der Waals surface area (Å²) in [5.74, 6) is -0.493. The Hall–Kier alpha value is -0.930. The number of carbonyl (C=O) groups excluding carboxylic acids is 1. The summed E-state index contributed by atoms with van der Waals surface area (Å²) in [6.07, 6.45) is 0. The van der Waals surface area contributed by atoms with Gasteiger partial charge in [0.15, 0.2) is 0 Å². The van der Waals surface area contributed by atoms with Crippen LogP contribution >= 0.6 is 38.9 Å². The van der Waals surface area contributed by atoms with Crippen molar-refractivity contribution in [1.29, 1.82) is 0 Å². The Morgan fingerprint density at radius 3 is 2.35 bits per heavy atom. The zero-order valence-corrected chi connectivity index (χ0v) is 18.5. The number of nitrogens with one attached hydrogen (secondary N) is 1. The van der Waals surface area contributed by atoms with Crippen LogP contribution in [0.5, 0.6) is 0 Å². The van der Waals surface area contributed by atoms with Crippen molar-refractivity contribution in [3.05, 3.63) is 50.1 Å². The quantitative estimate of drug-likeness (QED) is 0.649. The molecular formula is C17H20BrClN2O3S2. The third-order valence-corrected chi connectivity index (χ3v) is 6.94. The third-order valence-electron chi connectivity index (χ3n) is 3.74. The summed E-state index contributed by atoms with van der Waals surface area (Å²) in [4.78, 5) is 15.4. The fourth-order valence-electron chi connectivity index (χ4n) is 2.31. The number of sulfonamides is 1. The SMILES string of the molecule is CC(C)[C@H](NS(=O)(=O)c1ccc(Br)cc1)C(=O)N(C)Cc1ccc(Cl)s1. The monoisotopic (exact) mass is 478 g/mol. The number of hydrogen-bond donors (Lipinski definition) is 1. The molecule has 2 rings (SSSR count). The van der Waals surface area contributed by atoms with Gasteiger partial charge in [0, 0.05) is 16.4 Å². The zero-order valence-electron chi connectivity index (χ0n) is 14.6. The van der Waals surface area contributed by atoms with Crippen molar-refractivity contribution in [2.75, 3.05) is 7.05 Å². The predicted octanol–water partition coefficient (Wildman–Crippen LogP) is 4.13. The van der Waals surface area contributed by atoms with Gasteiger partial charge < -0.3 is 4.90 Å². The van der Waals surface area contributed by atoms with Gasteiger partial charge in [-0.25, -0.2) is 8.42 Å². The molecule has 1 amide bonds. The second-order valence-electron chi connectivity index (χ2n) is 6.20. The Labute approximate surface area is 171 Å². The first-order valence-electron chi connectivity index (χ1n) is 7.87. The summed E-state index contributed by atoms with van der Waals surface area (Å²) in [5, 5.41) is 0. The highest BCUT2D eigenvalue weighted by Gasteiger charge is 2.30. The number of amides is 1. The van der Waals surface area contributed by atoms with Gasteiger partial charge in [-0.1, -0.05) is 41.4 Å². The van der Waals surface area contributed by atoms with Crippen LogP contribution in [0.15, 0.2) is 45.8 Å². The standard InChI is InChI=1S/C17H20BrClN2O3S2/c1-11(2)16(17(22)21(3)10-13-6-9-15(19)25-13)20-26(23,24)14-7-4-12(18)5-8-14/h4-9,11,16,20H,10H2,1-3H3/t16-/m0/s1. The molecule has 0 unspecified atom stereocenters. The van der Waals surface area contributed by atoms with Crippen LogP contribution in [0.2, 0.25) is 4.34 Å². The van der Waals surface area contributed by atoms with Crippen LogP contribution in [0.1, 0.15) is 18.7 Å². The molecule has 2 aromatic rings. The second kappa shape index (κ2) is 8.84. The molecule has 9 heteroatoms. The number of nitrogens with zero attached hydrogens (tertiary/aromatic N) is 1. The average molecular weight is 480 g/mol. The minimum atomic E-state index is -3.81. The lowest BCUT2D eigenvalue weighted by Gasteiger charge is -2.26. The van der Waals surface area contributed by atoms with Crippen molar-refractivity contribution in [3.63, 3.8) is 0 Å². The second-order valence-corrected chi connectivity index (χ2v) is 10.6. The highest BCUT2D eigenvalue weighted by molar-refractivity contribution is 9.10. The molecule has 0 aliphatic carbocycles. The molecule has 0 spiro atoms. The van der Waals surface area contributed by atoms with Gasteiger partial charge >= 0.3 is 0 Å². The summed E-state index contributed by atoms with van der Waals surface area (Å²) in [6, 6.07) is 9.05. The van der Waals surface area contributed by atoms with E-state index in [0.29, 0.717) is 10.9 Å². The van der Waals surface area contributed by atoms with E-state index in [4.69, 9.17) is 11.6 Å². The molecule has 0 saturated heterocycles. The van der Waals surface area contributed by atoms with Gasteiger partial charge in [-0.3, -0.25) is 4.79 Å². The lowest BCUT2D eigenvalue weighted by atomic mass is 10.0. The first kappa shape index (κ1) is 21.4. The van der Waals surface area contributed by atoms with Crippen molar-refractivity contribution in [2.24, 2.45) is 5.92 Å². The van der Waals surface area contributed by atoms with Gasteiger partial charge in [-0.15, -0.1) is 11.3 Å². The molecule has 0 fully saturated rings. The first-order chi connectivity index (χ1) is 12.1. The van der Waals surface area contributed by atoms with Gasteiger partial charge in [-0.05, 0) is 42.3 Å². The summed E-state index contributed by atoms with van der Waals surface area (Å²) >= 11 is 10.6. The van der Waals surface area contributed by atoms with Crippen LogP contribution in [-0.4, -0.2) is 32.3 Å². The van der Waals surface area contributed by atoms with E-state index in [2.05, 4.69) is 20.7 Å². The maximum Gasteiger partial charge on any atom is 0.241 e. The van der Waals surface area contributed by atoms with Crippen molar-refractivity contribution < 1.29 is 13.2 Å². The molecule has 142 valence electrons. The smallest absolute Gasteiger partial charge is 0.241 e. The molecule has 0 aliphatic heterocycles. The highest BCUT2D eigenvalue weighted by Crippen LogP contribution is 2.23. The molecule has 1 aromatic heterocycles. The average Bonchev–Trinajstić information content (AvgIpc) is 2.97. The van der Waals surface area contributed by atoms with E-state index >= 15 is 0 Å². The minimum absolute atomic E-state index is 0.117. The summed E-state index contributed by atoms with van der Waals surface area (Å²) in [5.41, 5.74) is 0. The Bertz CT molecular complexity index is 866. The van der Waals surface area contributed by atoms with Gasteiger partial charge in [0.1, 0.15) is 6.04 Å². The van der Waals surface area contributed by atoms with Gasteiger partial charge in [0.25, 0.3) is 0 Å². The number of thiophene rings is 1. The number of likely N-dealkylation sites (N-methyl/N-ethyl adjacent to an activating group) is 1. The molecule has 5 nitrogen and oxygen atoms in total. The minimum Gasteiger partial charge on any atom is -0.339 e. The molecule has 0 radical (unpaired) electrons. The molecule has 26 heavy (non-hydrogen) atoms. The lowest BCUT2D eigenvalue weighted by molar-refractivity contribution is -0.133. The topological polar surface area (TPSA) is 66.5 Å². The fourth-order valence-corrected chi connectivity index (χ4v) is 5.05. The van der Waals surface area contributed by atoms with E-state index < -0.39 is 16.1 Å². The number of hydrogen-bond acceptors (Lipinski definition) is 4. The number of benzene rings is 1. The number of halogens is 2. The molecule has 0 bridgehead atoms. The highest BCUT2D eigenvalue weighted by atomic mass is 79.9. The van der Waals surface area contributed by atoms with Crippen molar-refractivity contribution in [1.82, 2.24) is 9.62 Å².